The molecule has 1 saturated heterocycles. The molecule has 0 aliphatic carbocycles. The number of carbonyl (C=O) groups excluding carboxylic acids is 1. The van der Waals surface area contributed by atoms with Crippen LogP contribution in [-0.4, -0.2) is 60.3 Å². The van der Waals surface area contributed by atoms with E-state index in [0.29, 0.717) is 19.7 Å². The Balaban J connectivity index is 2.86. The fourth-order valence-electron chi connectivity index (χ4n) is 2.28. The second-order valence-corrected chi connectivity index (χ2v) is 4.75. The molecule has 104 valence electrons. The SMILES string of the molecule is CCNC(=O)C1COCCN1C(C(=O)O)C(C)C. The lowest BCUT2D eigenvalue weighted by molar-refractivity contribution is -0.153. The van der Waals surface area contributed by atoms with Crippen LogP contribution in [0.5, 0.6) is 0 Å². The summed E-state index contributed by atoms with van der Waals surface area (Å²) >= 11 is 0. The van der Waals surface area contributed by atoms with Gasteiger partial charge in [0.2, 0.25) is 5.91 Å². The number of hydrogen-bond donors (Lipinski definition) is 2. The molecule has 6 heteroatoms. The molecule has 2 atom stereocenters. The van der Waals surface area contributed by atoms with Gasteiger partial charge in [-0.3, -0.25) is 14.5 Å². The summed E-state index contributed by atoms with van der Waals surface area (Å²) in [6.45, 7) is 7.25. The second-order valence-electron chi connectivity index (χ2n) is 4.75. The second kappa shape index (κ2) is 6.70. The predicted molar refractivity (Wildman–Crippen MR) is 66.3 cm³/mol. The first kappa shape index (κ1) is 14.9. The molecule has 0 radical (unpaired) electrons. The van der Waals surface area contributed by atoms with Crippen molar-refractivity contribution in [2.24, 2.45) is 5.92 Å². The van der Waals surface area contributed by atoms with Crippen molar-refractivity contribution in [3.8, 4) is 0 Å². The van der Waals surface area contributed by atoms with Crippen LogP contribution in [0, 0.1) is 5.92 Å². The molecule has 6 nitrogen and oxygen atoms in total. The lowest BCUT2D eigenvalue weighted by Crippen LogP contribution is -2.60. The van der Waals surface area contributed by atoms with Crippen molar-refractivity contribution in [3.05, 3.63) is 0 Å². The maximum Gasteiger partial charge on any atom is 0.321 e. The quantitative estimate of drug-likeness (QED) is 0.722. The van der Waals surface area contributed by atoms with Crippen LogP contribution in [0.15, 0.2) is 0 Å². The molecule has 1 heterocycles. The number of carboxylic acid groups (broad SMARTS) is 1. The lowest BCUT2D eigenvalue weighted by Gasteiger charge is -2.39. The minimum atomic E-state index is -0.888. The maximum atomic E-state index is 11.9. The summed E-state index contributed by atoms with van der Waals surface area (Å²) in [7, 11) is 0. The van der Waals surface area contributed by atoms with E-state index in [1.807, 2.05) is 20.8 Å². The summed E-state index contributed by atoms with van der Waals surface area (Å²) in [4.78, 5) is 25.0. The van der Waals surface area contributed by atoms with E-state index in [-0.39, 0.29) is 18.4 Å². The standard InChI is InChI=1S/C12H22N2O4/c1-4-13-11(15)9-7-18-6-5-14(9)10(8(2)3)12(16)17/h8-10H,4-7H2,1-3H3,(H,13,15)(H,16,17). The Labute approximate surface area is 107 Å². The molecule has 2 N–H and O–H groups in total. The van der Waals surface area contributed by atoms with Gasteiger partial charge in [0.25, 0.3) is 0 Å². The van der Waals surface area contributed by atoms with E-state index in [0.717, 1.165) is 0 Å². The van der Waals surface area contributed by atoms with Gasteiger partial charge in [-0.1, -0.05) is 13.8 Å². The number of nitrogens with zero attached hydrogens (tertiary/aromatic N) is 1. The van der Waals surface area contributed by atoms with Gasteiger partial charge in [-0.15, -0.1) is 0 Å². The maximum absolute atomic E-state index is 11.9. The summed E-state index contributed by atoms with van der Waals surface area (Å²) in [5.41, 5.74) is 0. The topological polar surface area (TPSA) is 78.9 Å². The van der Waals surface area contributed by atoms with Crippen LogP contribution in [0.4, 0.5) is 0 Å². The Hall–Kier alpha value is -1.14. The molecule has 2 unspecified atom stereocenters. The largest absolute Gasteiger partial charge is 0.480 e. The molecule has 0 aromatic heterocycles. The Bertz CT molecular complexity index is 306. The van der Waals surface area contributed by atoms with Gasteiger partial charge in [-0.05, 0) is 12.8 Å². The smallest absolute Gasteiger partial charge is 0.321 e. The fraction of sp³-hybridized carbons (Fsp3) is 0.833. The van der Waals surface area contributed by atoms with E-state index in [1.54, 1.807) is 4.90 Å². The Kier molecular flexibility index (Phi) is 5.55. The third-order valence-electron chi connectivity index (χ3n) is 3.07. The average Bonchev–Trinajstić information content (AvgIpc) is 2.29. The zero-order valence-electron chi connectivity index (χ0n) is 11.2. The lowest BCUT2D eigenvalue weighted by atomic mass is 9.99. The summed E-state index contributed by atoms with van der Waals surface area (Å²) in [5.74, 6) is -1.11. The minimum Gasteiger partial charge on any atom is -0.480 e. The van der Waals surface area contributed by atoms with Crippen molar-refractivity contribution in [2.75, 3.05) is 26.3 Å². The highest BCUT2D eigenvalue weighted by atomic mass is 16.5. The number of ether oxygens (including phenoxy) is 1. The molecule has 1 aliphatic rings. The van der Waals surface area contributed by atoms with E-state index in [1.165, 1.54) is 0 Å². The van der Waals surface area contributed by atoms with Crippen molar-refractivity contribution in [2.45, 2.75) is 32.9 Å². The number of hydrogen-bond acceptors (Lipinski definition) is 4. The number of morpholine rings is 1. The first-order valence-corrected chi connectivity index (χ1v) is 6.33. The number of aliphatic carboxylic acids is 1. The summed E-state index contributed by atoms with van der Waals surface area (Å²) in [5, 5.41) is 12.0. The Morgan fingerprint density at radius 3 is 2.67 bits per heavy atom. The first-order chi connectivity index (χ1) is 8.49. The highest BCUT2D eigenvalue weighted by molar-refractivity contribution is 5.83. The van der Waals surface area contributed by atoms with Gasteiger partial charge in [-0.2, -0.15) is 0 Å². The zero-order chi connectivity index (χ0) is 13.7. The molecule has 0 saturated carbocycles. The predicted octanol–water partition coefficient (Wildman–Crippen LogP) is -0.0675. The molecule has 0 aromatic rings. The van der Waals surface area contributed by atoms with Crippen LogP contribution in [0.25, 0.3) is 0 Å². The highest BCUT2D eigenvalue weighted by Crippen LogP contribution is 2.18. The monoisotopic (exact) mass is 258 g/mol. The van der Waals surface area contributed by atoms with Crippen molar-refractivity contribution in [1.82, 2.24) is 10.2 Å². The number of carboxylic acids is 1. The van der Waals surface area contributed by atoms with Gasteiger partial charge in [-0.25, -0.2) is 0 Å². The van der Waals surface area contributed by atoms with E-state index in [2.05, 4.69) is 5.32 Å². The molecule has 1 fully saturated rings. The van der Waals surface area contributed by atoms with Gasteiger partial charge in [0, 0.05) is 13.1 Å². The summed E-state index contributed by atoms with van der Waals surface area (Å²) < 4.78 is 5.29. The first-order valence-electron chi connectivity index (χ1n) is 6.33. The van der Waals surface area contributed by atoms with E-state index in [4.69, 9.17) is 4.74 Å². The van der Waals surface area contributed by atoms with Crippen molar-refractivity contribution in [3.63, 3.8) is 0 Å². The number of carbonyl (C=O) groups is 2. The molecule has 0 spiro atoms. The molecular weight excluding hydrogens is 236 g/mol. The normalized spacial score (nSPS) is 22.8. The molecule has 1 rings (SSSR count). The molecule has 1 amide bonds. The van der Waals surface area contributed by atoms with Crippen molar-refractivity contribution < 1.29 is 19.4 Å². The summed E-state index contributed by atoms with van der Waals surface area (Å²) in [6.07, 6.45) is 0. The van der Waals surface area contributed by atoms with E-state index in [9.17, 15) is 14.7 Å². The van der Waals surface area contributed by atoms with Crippen molar-refractivity contribution >= 4 is 11.9 Å². The molecule has 0 bridgehead atoms. The molecule has 18 heavy (non-hydrogen) atoms. The number of rotatable bonds is 5. The number of amides is 1. The molecular formula is C12H22N2O4. The van der Waals surface area contributed by atoms with Gasteiger partial charge in [0.1, 0.15) is 12.1 Å². The minimum absolute atomic E-state index is 0.0578. The third kappa shape index (κ3) is 3.43. The zero-order valence-corrected chi connectivity index (χ0v) is 11.2. The highest BCUT2D eigenvalue weighted by Gasteiger charge is 2.38. The van der Waals surface area contributed by atoms with Crippen LogP contribution in [0.1, 0.15) is 20.8 Å². The summed E-state index contributed by atoms with van der Waals surface area (Å²) in [6, 6.07) is -1.16. The van der Waals surface area contributed by atoms with E-state index >= 15 is 0 Å². The van der Waals surface area contributed by atoms with Gasteiger partial charge in [0.05, 0.1) is 13.2 Å². The van der Waals surface area contributed by atoms with Crippen LogP contribution in [0.3, 0.4) is 0 Å². The van der Waals surface area contributed by atoms with Crippen LogP contribution >= 0.6 is 0 Å². The van der Waals surface area contributed by atoms with Crippen LogP contribution in [-0.2, 0) is 14.3 Å². The molecule has 1 aliphatic heterocycles. The van der Waals surface area contributed by atoms with Gasteiger partial charge < -0.3 is 15.2 Å². The third-order valence-corrected chi connectivity index (χ3v) is 3.07. The van der Waals surface area contributed by atoms with E-state index < -0.39 is 18.1 Å². The van der Waals surface area contributed by atoms with Gasteiger partial charge >= 0.3 is 5.97 Å². The average molecular weight is 258 g/mol. The van der Waals surface area contributed by atoms with Crippen LogP contribution in [0.2, 0.25) is 0 Å². The van der Waals surface area contributed by atoms with Crippen molar-refractivity contribution in [1.29, 1.82) is 0 Å². The molecule has 0 aromatic carbocycles. The Morgan fingerprint density at radius 2 is 2.17 bits per heavy atom. The Morgan fingerprint density at radius 1 is 1.50 bits per heavy atom. The van der Waals surface area contributed by atoms with Crippen LogP contribution < -0.4 is 5.32 Å². The number of likely N-dealkylation sites (N-methyl/N-ethyl adjacent to an activating group) is 1. The van der Waals surface area contributed by atoms with Gasteiger partial charge in [0.15, 0.2) is 0 Å². The number of nitrogens with one attached hydrogen (secondary N) is 1. The fourth-order valence-corrected chi connectivity index (χ4v) is 2.28.